The van der Waals surface area contributed by atoms with Crippen LogP contribution in [-0.4, -0.2) is 26.4 Å². The van der Waals surface area contributed by atoms with Crippen molar-refractivity contribution in [1.82, 2.24) is 4.90 Å². The molecule has 0 aromatic heterocycles. The van der Waals surface area contributed by atoms with E-state index in [2.05, 4.69) is 98.7 Å². The third-order valence-corrected chi connectivity index (χ3v) is 7.90. The molecule has 0 spiro atoms. The molecule has 0 fully saturated rings. The van der Waals surface area contributed by atoms with Crippen molar-refractivity contribution in [2.75, 3.05) is 7.05 Å². The summed E-state index contributed by atoms with van der Waals surface area (Å²) in [4.78, 5) is 2.41. The van der Waals surface area contributed by atoms with Crippen molar-refractivity contribution in [2.45, 2.75) is 19.5 Å². The van der Waals surface area contributed by atoms with Gasteiger partial charge in [-0.05, 0) is 6.20 Å². The summed E-state index contributed by atoms with van der Waals surface area (Å²) in [7, 11) is 1.35. The second-order valence-electron chi connectivity index (χ2n) is 6.35. The number of hydrogen-bond donors (Lipinski definition) is 0. The van der Waals surface area contributed by atoms with Gasteiger partial charge in [0.05, 0.1) is 0 Å². The minimum atomic E-state index is -0.869. The van der Waals surface area contributed by atoms with Crippen molar-refractivity contribution in [3.8, 4) is 0 Å². The summed E-state index contributed by atoms with van der Waals surface area (Å²) >= 11 is 0. The number of nitrogens with zero attached hydrogens (tertiary/aromatic N) is 1. The normalized spacial score (nSPS) is 20.2. The summed E-state index contributed by atoms with van der Waals surface area (Å²) < 4.78 is 0. The lowest BCUT2D eigenvalue weighted by Crippen LogP contribution is -2.60. The molecule has 0 saturated carbocycles. The van der Waals surface area contributed by atoms with Crippen LogP contribution in [0, 0.1) is 5.41 Å². The molecule has 1 nitrogen and oxygen atoms in total. The Morgan fingerprint density at radius 1 is 0.857 bits per heavy atom. The van der Waals surface area contributed by atoms with E-state index in [0.29, 0.717) is 5.67 Å². The van der Waals surface area contributed by atoms with Crippen LogP contribution in [0.15, 0.2) is 72.9 Å². The van der Waals surface area contributed by atoms with Gasteiger partial charge in [-0.3, -0.25) is 0 Å². The van der Waals surface area contributed by atoms with Gasteiger partial charge in [0.15, 0.2) is 0 Å². The van der Waals surface area contributed by atoms with E-state index in [0.717, 1.165) is 0 Å². The Morgan fingerprint density at radius 2 is 1.33 bits per heavy atom. The first-order valence-electron chi connectivity index (χ1n) is 7.48. The Labute approximate surface area is 129 Å². The topological polar surface area (TPSA) is 3.24 Å². The number of hydrogen-bond acceptors (Lipinski definition) is 1. The van der Waals surface area contributed by atoms with Gasteiger partial charge in [-0.2, -0.15) is 0 Å². The second-order valence-corrected chi connectivity index (χ2v) is 8.88. The van der Waals surface area contributed by atoms with Crippen molar-refractivity contribution >= 4 is 19.2 Å². The molecule has 0 amide bonds. The summed E-state index contributed by atoms with van der Waals surface area (Å²) in [6.45, 7) is 4.71. The second kappa shape index (κ2) is 5.53. The van der Waals surface area contributed by atoms with Crippen LogP contribution in [0.3, 0.4) is 0 Å². The Balaban J connectivity index is 2.10. The molecule has 2 aromatic rings. The zero-order valence-electron chi connectivity index (χ0n) is 13.0. The predicted molar refractivity (Wildman–Crippen MR) is 92.4 cm³/mol. The molecule has 0 saturated heterocycles. The smallest absolute Gasteiger partial charge is 0.147 e. The standard InChI is InChI=1S/C19H22NSi/c1-19(2)14-15-20(3)18(19)21(16-10-6-4-7-11-16)17-12-8-5-9-13-17/h4-15,18H,1-3H3. The van der Waals surface area contributed by atoms with Gasteiger partial charge in [0.2, 0.25) is 0 Å². The van der Waals surface area contributed by atoms with Gasteiger partial charge in [0.25, 0.3) is 0 Å². The predicted octanol–water partition coefficient (Wildman–Crippen LogP) is 2.69. The molecule has 0 bridgehead atoms. The summed E-state index contributed by atoms with van der Waals surface area (Å²) in [6.07, 6.45) is 4.61. The van der Waals surface area contributed by atoms with E-state index in [1.54, 1.807) is 0 Å². The van der Waals surface area contributed by atoms with Gasteiger partial charge in [-0.25, -0.2) is 0 Å². The molecule has 0 N–H and O–H groups in total. The first-order valence-corrected chi connectivity index (χ1v) is 9.06. The first kappa shape index (κ1) is 14.1. The van der Waals surface area contributed by atoms with Crippen molar-refractivity contribution < 1.29 is 0 Å². The average molecular weight is 292 g/mol. The monoisotopic (exact) mass is 292 g/mol. The van der Waals surface area contributed by atoms with E-state index in [9.17, 15) is 0 Å². The van der Waals surface area contributed by atoms with Gasteiger partial charge in [-0.1, -0.05) is 91.0 Å². The van der Waals surface area contributed by atoms with Gasteiger partial charge >= 0.3 is 0 Å². The maximum atomic E-state index is 2.41. The van der Waals surface area contributed by atoms with Crippen LogP contribution in [0.1, 0.15) is 13.8 Å². The van der Waals surface area contributed by atoms with Crippen LogP contribution in [0.5, 0.6) is 0 Å². The van der Waals surface area contributed by atoms with E-state index < -0.39 is 8.80 Å². The fourth-order valence-corrected chi connectivity index (χ4v) is 6.71. The van der Waals surface area contributed by atoms with Crippen LogP contribution in [-0.2, 0) is 0 Å². The van der Waals surface area contributed by atoms with Crippen LogP contribution >= 0.6 is 0 Å². The van der Waals surface area contributed by atoms with E-state index in [4.69, 9.17) is 0 Å². The molecule has 1 aliphatic rings. The molecule has 1 heterocycles. The van der Waals surface area contributed by atoms with Gasteiger partial charge in [0, 0.05) is 18.1 Å². The summed E-state index contributed by atoms with van der Waals surface area (Å²) in [5.41, 5.74) is 0.738. The lowest BCUT2D eigenvalue weighted by atomic mass is 9.95. The highest BCUT2D eigenvalue weighted by Gasteiger charge is 2.42. The Bertz CT molecular complexity index is 579. The van der Waals surface area contributed by atoms with Crippen LogP contribution in [0.25, 0.3) is 0 Å². The van der Waals surface area contributed by atoms with Gasteiger partial charge in [-0.15, -0.1) is 0 Å². The van der Waals surface area contributed by atoms with E-state index in [1.807, 2.05) is 0 Å². The zero-order valence-corrected chi connectivity index (χ0v) is 14.0. The lowest BCUT2D eigenvalue weighted by Gasteiger charge is -2.37. The molecule has 1 radical (unpaired) electrons. The molecule has 2 aromatic carbocycles. The van der Waals surface area contributed by atoms with Crippen LogP contribution in [0.2, 0.25) is 0 Å². The Kier molecular flexibility index (Phi) is 3.73. The fourth-order valence-electron chi connectivity index (χ4n) is 3.31. The lowest BCUT2D eigenvalue weighted by molar-refractivity contribution is 0.313. The minimum Gasteiger partial charge on any atom is -0.379 e. The summed E-state index contributed by atoms with van der Waals surface area (Å²) in [5, 5.41) is 2.98. The molecular formula is C19H22NSi. The maximum absolute atomic E-state index is 2.41. The Hall–Kier alpha value is -1.80. The van der Waals surface area contributed by atoms with E-state index in [1.165, 1.54) is 10.4 Å². The number of rotatable bonds is 3. The highest BCUT2D eigenvalue weighted by Crippen LogP contribution is 2.33. The Morgan fingerprint density at radius 3 is 1.71 bits per heavy atom. The molecule has 107 valence electrons. The van der Waals surface area contributed by atoms with Crippen molar-refractivity contribution in [3.05, 3.63) is 72.9 Å². The third-order valence-electron chi connectivity index (χ3n) is 4.29. The minimum absolute atomic E-state index is 0.203. The van der Waals surface area contributed by atoms with E-state index in [-0.39, 0.29) is 5.41 Å². The van der Waals surface area contributed by atoms with Crippen molar-refractivity contribution in [2.24, 2.45) is 5.41 Å². The molecule has 1 aliphatic heterocycles. The largest absolute Gasteiger partial charge is 0.379 e. The van der Waals surface area contributed by atoms with E-state index >= 15 is 0 Å². The molecule has 3 rings (SSSR count). The first-order chi connectivity index (χ1) is 10.1. The highest BCUT2D eigenvalue weighted by molar-refractivity contribution is 6.86. The summed E-state index contributed by atoms with van der Waals surface area (Å²) in [5.74, 6) is 0. The van der Waals surface area contributed by atoms with Crippen LogP contribution < -0.4 is 10.4 Å². The maximum Gasteiger partial charge on any atom is 0.147 e. The third kappa shape index (κ3) is 2.68. The molecular weight excluding hydrogens is 270 g/mol. The molecule has 1 atom stereocenters. The van der Waals surface area contributed by atoms with Gasteiger partial charge < -0.3 is 4.90 Å². The average Bonchev–Trinajstić information content (AvgIpc) is 2.77. The highest BCUT2D eigenvalue weighted by atomic mass is 28.3. The van der Waals surface area contributed by atoms with Crippen LogP contribution in [0.4, 0.5) is 0 Å². The molecule has 2 heteroatoms. The molecule has 0 aliphatic carbocycles. The van der Waals surface area contributed by atoms with Crippen molar-refractivity contribution in [1.29, 1.82) is 0 Å². The summed E-state index contributed by atoms with van der Waals surface area (Å²) in [6, 6.07) is 22.1. The van der Waals surface area contributed by atoms with Gasteiger partial charge in [0.1, 0.15) is 8.80 Å². The number of benzene rings is 2. The molecule has 1 unspecified atom stereocenters. The molecule has 21 heavy (non-hydrogen) atoms. The fraction of sp³-hybridized carbons (Fsp3) is 0.263. The van der Waals surface area contributed by atoms with Crippen molar-refractivity contribution in [3.63, 3.8) is 0 Å². The quantitative estimate of drug-likeness (QED) is 0.786. The SMILES string of the molecule is CN1C=CC(C)(C)C1[Si](c1ccccc1)c1ccccc1. The zero-order chi connectivity index (χ0) is 14.9.